The molecule has 1 N–H and O–H groups in total. The van der Waals surface area contributed by atoms with Gasteiger partial charge in [-0.25, -0.2) is 0 Å². The van der Waals surface area contributed by atoms with Gasteiger partial charge in [0.05, 0.1) is 6.54 Å². The lowest BCUT2D eigenvalue weighted by Gasteiger charge is -2.34. The van der Waals surface area contributed by atoms with Gasteiger partial charge >= 0.3 is 0 Å². The standard InChI is InChI=1S/C23H28ClN3O/c24-22-10-4-8-21(18-22)11-12-25-19-23(28)27-16-14-26(15-17-27)13-5-9-20-6-2-1-3-7-20/h1-10,18,25H,11-17,19H2/b9-5+. The van der Waals surface area contributed by atoms with Crippen molar-refractivity contribution >= 4 is 23.6 Å². The SMILES string of the molecule is O=C(CNCCc1cccc(Cl)c1)N1CCN(C/C=C/c2ccccc2)CC1. The molecule has 5 heteroatoms. The molecular formula is C23H28ClN3O. The molecule has 1 heterocycles. The lowest BCUT2D eigenvalue weighted by molar-refractivity contribution is -0.131. The number of benzene rings is 2. The topological polar surface area (TPSA) is 35.6 Å². The molecule has 3 rings (SSSR count). The van der Waals surface area contributed by atoms with Crippen LogP contribution in [0.5, 0.6) is 0 Å². The number of nitrogens with one attached hydrogen (secondary N) is 1. The summed E-state index contributed by atoms with van der Waals surface area (Å²) in [5, 5.41) is 4.01. The molecule has 0 aliphatic carbocycles. The molecule has 1 saturated heterocycles. The fraction of sp³-hybridized carbons (Fsp3) is 0.348. The van der Waals surface area contributed by atoms with Gasteiger partial charge in [-0.2, -0.15) is 0 Å². The second kappa shape index (κ2) is 11.0. The number of carbonyl (C=O) groups is 1. The fourth-order valence-corrected chi connectivity index (χ4v) is 3.53. The number of hydrogen-bond acceptors (Lipinski definition) is 3. The molecule has 28 heavy (non-hydrogen) atoms. The van der Waals surface area contributed by atoms with E-state index in [0.717, 1.165) is 50.7 Å². The van der Waals surface area contributed by atoms with Gasteiger partial charge in [-0.05, 0) is 36.2 Å². The van der Waals surface area contributed by atoms with Crippen LogP contribution in [-0.4, -0.2) is 61.5 Å². The van der Waals surface area contributed by atoms with Gasteiger partial charge in [-0.15, -0.1) is 0 Å². The van der Waals surface area contributed by atoms with Crippen molar-refractivity contribution in [1.82, 2.24) is 15.1 Å². The van der Waals surface area contributed by atoms with E-state index in [9.17, 15) is 4.79 Å². The van der Waals surface area contributed by atoms with Crippen LogP contribution in [0.15, 0.2) is 60.7 Å². The molecular weight excluding hydrogens is 370 g/mol. The second-order valence-corrected chi connectivity index (χ2v) is 7.49. The molecule has 0 bridgehead atoms. The molecule has 0 spiro atoms. The predicted molar refractivity (Wildman–Crippen MR) is 117 cm³/mol. The quantitative estimate of drug-likeness (QED) is 0.694. The molecule has 1 aliphatic heterocycles. The highest BCUT2D eigenvalue weighted by atomic mass is 35.5. The van der Waals surface area contributed by atoms with Crippen molar-refractivity contribution in [1.29, 1.82) is 0 Å². The summed E-state index contributed by atoms with van der Waals surface area (Å²) < 4.78 is 0. The second-order valence-electron chi connectivity index (χ2n) is 7.05. The first kappa shape index (κ1) is 20.6. The Hall–Kier alpha value is -2.14. The number of hydrogen-bond donors (Lipinski definition) is 1. The van der Waals surface area contributed by atoms with Crippen molar-refractivity contribution in [3.63, 3.8) is 0 Å². The van der Waals surface area contributed by atoms with Gasteiger partial charge < -0.3 is 10.2 Å². The van der Waals surface area contributed by atoms with Crippen LogP contribution in [0.4, 0.5) is 0 Å². The van der Waals surface area contributed by atoms with Crippen LogP contribution in [0.25, 0.3) is 6.08 Å². The van der Waals surface area contributed by atoms with Crippen molar-refractivity contribution in [3.05, 3.63) is 76.8 Å². The highest BCUT2D eigenvalue weighted by Gasteiger charge is 2.19. The van der Waals surface area contributed by atoms with Gasteiger partial charge in [-0.3, -0.25) is 9.69 Å². The summed E-state index contributed by atoms with van der Waals surface area (Å²) in [5.74, 6) is 0.186. The van der Waals surface area contributed by atoms with Crippen LogP contribution in [0.3, 0.4) is 0 Å². The summed E-state index contributed by atoms with van der Waals surface area (Å²) in [6, 6.07) is 18.2. The molecule has 0 unspecified atom stereocenters. The predicted octanol–water partition coefficient (Wildman–Crippen LogP) is 3.33. The third-order valence-electron chi connectivity index (χ3n) is 4.95. The maximum Gasteiger partial charge on any atom is 0.236 e. The Morgan fingerprint density at radius 1 is 1.04 bits per heavy atom. The van der Waals surface area contributed by atoms with E-state index >= 15 is 0 Å². The minimum atomic E-state index is 0.186. The number of halogens is 1. The van der Waals surface area contributed by atoms with Crippen molar-refractivity contribution in [3.8, 4) is 0 Å². The average Bonchev–Trinajstić information content (AvgIpc) is 2.72. The molecule has 4 nitrogen and oxygen atoms in total. The van der Waals surface area contributed by atoms with Crippen LogP contribution in [0.2, 0.25) is 5.02 Å². The number of carbonyl (C=O) groups excluding carboxylic acids is 1. The lowest BCUT2D eigenvalue weighted by Crippen LogP contribution is -2.50. The smallest absolute Gasteiger partial charge is 0.236 e. The van der Waals surface area contributed by atoms with E-state index in [1.807, 2.05) is 41.3 Å². The van der Waals surface area contributed by atoms with E-state index in [0.29, 0.717) is 6.54 Å². The lowest BCUT2D eigenvalue weighted by atomic mass is 10.1. The zero-order chi connectivity index (χ0) is 19.6. The molecule has 2 aromatic rings. The van der Waals surface area contributed by atoms with Gasteiger partial charge in [0, 0.05) is 37.7 Å². The normalized spacial score (nSPS) is 15.2. The van der Waals surface area contributed by atoms with E-state index in [2.05, 4.69) is 40.6 Å². The molecule has 0 saturated carbocycles. The zero-order valence-corrected chi connectivity index (χ0v) is 16.9. The number of amides is 1. The summed E-state index contributed by atoms with van der Waals surface area (Å²) in [5.41, 5.74) is 2.41. The molecule has 0 aromatic heterocycles. The summed E-state index contributed by atoms with van der Waals surface area (Å²) in [6.07, 6.45) is 5.22. The van der Waals surface area contributed by atoms with Crippen LogP contribution in [-0.2, 0) is 11.2 Å². The van der Waals surface area contributed by atoms with Crippen LogP contribution in [0, 0.1) is 0 Å². The minimum Gasteiger partial charge on any atom is -0.339 e. The number of nitrogens with zero attached hydrogens (tertiary/aromatic N) is 2. The van der Waals surface area contributed by atoms with Gasteiger partial charge in [0.25, 0.3) is 0 Å². The number of rotatable bonds is 8. The Labute approximate surface area is 172 Å². The van der Waals surface area contributed by atoms with Crippen molar-refractivity contribution < 1.29 is 4.79 Å². The van der Waals surface area contributed by atoms with Gasteiger partial charge in [0.2, 0.25) is 5.91 Å². The number of piperazine rings is 1. The maximum absolute atomic E-state index is 12.4. The summed E-state index contributed by atoms with van der Waals surface area (Å²) >= 11 is 5.99. The molecule has 1 amide bonds. The van der Waals surface area contributed by atoms with Crippen LogP contribution < -0.4 is 5.32 Å². The fourth-order valence-electron chi connectivity index (χ4n) is 3.31. The minimum absolute atomic E-state index is 0.186. The first-order valence-electron chi connectivity index (χ1n) is 9.87. The molecule has 0 atom stereocenters. The Kier molecular flexibility index (Phi) is 8.09. The van der Waals surface area contributed by atoms with Crippen molar-refractivity contribution in [2.45, 2.75) is 6.42 Å². The Balaban J connectivity index is 1.30. The average molecular weight is 398 g/mol. The van der Waals surface area contributed by atoms with Gasteiger partial charge in [0.1, 0.15) is 0 Å². The Bertz CT molecular complexity index is 770. The van der Waals surface area contributed by atoms with E-state index < -0.39 is 0 Å². The van der Waals surface area contributed by atoms with E-state index in [1.165, 1.54) is 11.1 Å². The highest BCUT2D eigenvalue weighted by Crippen LogP contribution is 2.10. The first-order valence-corrected chi connectivity index (χ1v) is 10.3. The molecule has 148 valence electrons. The van der Waals surface area contributed by atoms with E-state index in [1.54, 1.807) is 0 Å². The zero-order valence-electron chi connectivity index (χ0n) is 16.2. The first-order chi connectivity index (χ1) is 13.7. The van der Waals surface area contributed by atoms with Crippen molar-refractivity contribution in [2.75, 3.05) is 45.8 Å². The summed E-state index contributed by atoms with van der Waals surface area (Å²) in [4.78, 5) is 16.7. The van der Waals surface area contributed by atoms with Crippen molar-refractivity contribution in [2.24, 2.45) is 0 Å². The molecule has 1 aliphatic rings. The molecule has 2 aromatic carbocycles. The third-order valence-corrected chi connectivity index (χ3v) is 5.19. The monoisotopic (exact) mass is 397 g/mol. The van der Waals surface area contributed by atoms with E-state index in [4.69, 9.17) is 11.6 Å². The van der Waals surface area contributed by atoms with Gasteiger partial charge in [-0.1, -0.05) is 66.2 Å². The van der Waals surface area contributed by atoms with Crippen LogP contribution >= 0.6 is 11.6 Å². The summed E-state index contributed by atoms with van der Waals surface area (Å²) in [7, 11) is 0. The Morgan fingerprint density at radius 2 is 1.82 bits per heavy atom. The van der Waals surface area contributed by atoms with Gasteiger partial charge in [0.15, 0.2) is 0 Å². The Morgan fingerprint density at radius 3 is 2.57 bits per heavy atom. The molecule has 1 fully saturated rings. The third kappa shape index (κ3) is 6.79. The molecule has 0 radical (unpaired) electrons. The van der Waals surface area contributed by atoms with E-state index in [-0.39, 0.29) is 5.91 Å². The van der Waals surface area contributed by atoms with Crippen LogP contribution in [0.1, 0.15) is 11.1 Å². The largest absolute Gasteiger partial charge is 0.339 e. The maximum atomic E-state index is 12.4. The summed E-state index contributed by atoms with van der Waals surface area (Å²) in [6.45, 7) is 5.54. The highest BCUT2D eigenvalue weighted by molar-refractivity contribution is 6.30.